The summed E-state index contributed by atoms with van der Waals surface area (Å²) in [6.07, 6.45) is -1.03. The third-order valence-corrected chi connectivity index (χ3v) is 2.08. The van der Waals surface area contributed by atoms with Crippen molar-refractivity contribution in [2.45, 2.75) is 12.3 Å². The maximum Gasteiger partial charge on any atom is 0.321 e. The van der Waals surface area contributed by atoms with E-state index < -0.39 is 24.3 Å². The van der Waals surface area contributed by atoms with Gasteiger partial charge in [-0.15, -0.1) is 0 Å². The van der Waals surface area contributed by atoms with Gasteiger partial charge in [0.2, 0.25) is 5.91 Å². The van der Waals surface area contributed by atoms with Gasteiger partial charge in [0.1, 0.15) is 18.9 Å². The molecular weight excluding hydrogens is 190 g/mol. The van der Waals surface area contributed by atoms with Crippen molar-refractivity contribution in [3.63, 3.8) is 0 Å². The zero-order valence-electron chi connectivity index (χ0n) is 7.11. The molecule has 0 radical (unpaired) electrons. The Morgan fingerprint density at radius 1 is 1.36 bits per heavy atom. The van der Waals surface area contributed by atoms with Crippen LogP contribution < -0.4 is 21.7 Å². The van der Waals surface area contributed by atoms with Crippen molar-refractivity contribution in [2.75, 3.05) is 6.54 Å². The van der Waals surface area contributed by atoms with E-state index in [2.05, 4.69) is 16.0 Å². The number of amides is 5. The van der Waals surface area contributed by atoms with Gasteiger partial charge in [0, 0.05) is 0 Å². The smallest absolute Gasteiger partial charge is 0.321 e. The van der Waals surface area contributed by atoms with Crippen LogP contribution in [0.3, 0.4) is 0 Å². The van der Waals surface area contributed by atoms with Crippen molar-refractivity contribution in [3.8, 4) is 0 Å². The molecule has 5 N–H and O–H groups in total. The summed E-state index contributed by atoms with van der Waals surface area (Å²) in [6, 6.07) is -0.805. The summed E-state index contributed by atoms with van der Waals surface area (Å²) in [5.41, 5.74) is 4.96. The highest BCUT2D eigenvalue weighted by Gasteiger charge is 2.45. The molecule has 0 aromatic carbocycles. The van der Waals surface area contributed by atoms with Crippen LogP contribution in [0, 0.1) is 0 Å². The van der Waals surface area contributed by atoms with E-state index in [0.717, 1.165) is 0 Å². The third kappa shape index (κ3) is 1.20. The van der Waals surface area contributed by atoms with Crippen LogP contribution in [-0.4, -0.2) is 41.7 Å². The van der Waals surface area contributed by atoms with E-state index in [9.17, 15) is 14.4 Å². The predicted octanol–water partition coefficient (Wildman–Crippen LogP) is -2.54. The molecular formula is C6H9N5O3. The van der Waals surface area contributed by atoms with Crippen molar-refractivity contribution >= 4 is 18.0 Å². The summed E-state index contributed by atoms with van der Waals surface area (Å²) in [4.78, 5) is 33.9. The van der Waals surface area contributed by atoms with Crippen molar-refractivity contribution in [3.05, 3.63) is 0 Å². The van der Waals surface area contributed by atoms with Gasteiger partial charge in [-0.3, -0.25) is 9.69 Å². The van der Waals surface area contributed by atoms with Crippen LogP contribution in [0.15, 0.2) is 0 Å². The van der Waals surface area contributed by atoms with Crippen molar-refractivity contribution in [1.29, 1.82) is 0 Å². The predicted molar refractivity (Wildman–Crippen MR) is 43.7 cm³/mol. The maximum absolute atomic E-state index is 11.2. The van der Waals surface area contributed by atoms with Gasteiger partial charge in [0.25, 0.3) is 0 Å². The summed E-state index contributed by atoms with van der Waals surface area (Å²) in [6.45, 7) is -0.213. The average Bonchev–Trinajstić information content (AvgIpc) is 2.51. The fourth-order valence-corrected chi connectivity index (χ4v) is 1.53. The molecule has 2 heterocycles. The molecule has 2 rings (SSSR count). The van der Waals surface area contributed by atoms with Crippen LogP contribution in [-0.2, 0) is 4.79 Å². The minimum atomic E-state index is -0.623. The Morgan fingerprint density at radius 3 is 2.71 bits per heavy atom. The SMILES string of the molecule is NC(=O)CN1C(=O)NC2NC(=O)NC21. The third-order valence-electron chi connectivity index (χ3n) is 2.08. The number of hydrogen-bond donors (Lipinski definition) is 4. The second kappa shape index (κ2) is 2.76. The fraction of sp³-hybridized carbons (Fsp3) is 0.500. The Hall–Kier alpha value is -1.99. The molecule has 0 aromatic rings. The van der Waals surface area contributed by atoms with E-state index >= 15 is 0 Å². The van der Waals surface area contributed by atoms with Gasteiger partial charge in [-0.25, -0.2) is 9.59 Å². The highest BCUT2D eigenvalue weighted by molar-refractivity contribution is 5.88. The molecule has 0 saturated carbocycles. The number of nitrogens with one attached hydrogen (secondary N) is 3. The summed E-state index contributed by atoms with van der Waals surface area (Å²) in [5, 5.41) is 7.45. The fourth-order valence-electron chi connectivity index (χ4n) is 1.53. The number of nitrogens with two attached hydrogens (primary N) is 1. The van der Waals surface area contributed by atoms with E-state index in [4.69, 9.17) is 5.73 Å². The van der Waals surface area contributed by atoms with Crippen LogP contribution in [0.2, 0.25) is 0 Å². The zero-order valence-corrected chi connectivity index (χ0v) is 7.11. The van der Waals surface area contributed by atoms with Gasteiger partial charge >= 0.3 is 12.1 Å². The molecule has 0 aromatic heterocycles. The van der Waals surface area contributed by atoms with Crippen molar-refractivity contribution in [2.24, 2.45) is 5.73 Å². The summed E-state index contributed by atoms with van der Waals surface area (Å²) in [5.74, 6) is -0.623. The quantitative estimate of drug-likeness (QED) is 0.392. The molecule has 8 nitrogen and oxygen atoms in total. The van der Waals surface area contributed by atoms with E-state index in [1.165, 1.54) is 4.90 Å². The van der Waals surface area contributed by atoms with Gasteiger partial charge in [-0.1, -0.05) is 0 Å². The number of primary amides is 1. The second-order valence-electron chi connectivity index (χ2n) is 3.08. The molecule has 0 bridgehead atoms. The Morgan fingerprint density at radius 2 is 2.07 bits per heavy atom. The topological polar surface area (TPSA) is 117 Å². The number of carbonyl (C=O) groups excluding carboxylic acids is 3. The monoisotopic (exact) mass is 199 g/mol. The molecule has 2 atom stereocenters. The van der Waals surface area contributed by atoms with E-state index in [-0.39, 0.29) is 12.6 Å². The molecule has 0 aliphatic carbocycles. The lowest BCUT2D eigenvalue weighted by atomic mass is 10.4. The summed E-state index contributed by atoms with van der Waals surface area (Å²) >= 11 is 0. The molecule has 2 fully saturated rings. The molecule has 5 amide bonds. The molecule has 2 aliphatic rings. The number of carbonyl (C=O) groups is 3. The number of rotatable bonds is 2. The first kappa shape index (κ1) is 8.60. The Labute approximate surface area is 78.8 Å². The van der Waals surface area contributed by atoms with Crippen molar-refractivity contribution in [1.82, 2.24) is 20.9 Å². The summed E-state index contributed by atoms with van der Waals surface area (Å²) < 4.78 is 0. The molecule has 2 aliphatic heterocycles. The maximum atomic E-state index is 11.2. The Balaban J connectivity index is 2.12. The van der Waals surface area contributed by atoms with Gasteiger partial charge < -0.3 is 21.7 Å². The number of fused-ring (bicyclic) bond motifs is 1. The van der Waals surface area contributed by atoms with Gasteiger partial charge in [-0.05, 0) is 0 Å². The number of hydrogen-bond acceptors (Lipinski definition) is 3. The molecule has 2 saturated heterocycles. The van der Waals surface area contributed by atoms with Crippen LogP contribution in [0.1, 0.15) is 0 Å². The molecule has 2 unspecified atom stereocenters. The Kier molecular flexibility index (Phi) is 1.69. The summed E-state index contributed by atoms with van der Waals surface area (Å²) in [7, 11) is 0. The lowest BCUT2D eigenvalue weighted by Crippen LogP contribution is -2.47. The van der Waals surface area contributed by atoms with E-state index in [1.807, 2.05) is 0 Å². The highest BCUT2D eigenvalue weighted by atomic mass is 16.2. The Bertz CT molecular complexity index is 317. The number of urea groups is 2. The zero-order chi connectivity index (χ0) is 10.3. The molecule has 0 spiro atoms. The van der Waals surface area contributed by atoms with Crippen molar-refractivity contribution < 1.29 is 14.4 Å². The minimum Gasteiger partial charge on any atom is -0.368 e. The van der Waals surface area contributed by atoms with Crippen LogP contribution in [0.25, 0.3) is 0 Å². The van der Waals surface area contributed by atoms with Crippen LogP contribution in [0.4, 0.5) is 9.59 Å². The lowest BCUT2D eigenvalue weighted by molar-refractivity contribution is -0.118. The average molecular weight is 199 g/mol. The number of nitrogens with zero attached hydrogens (tertiary/aromatic N) is 1. The highest BCUT2D eigenvalue weighted by Crippen LogP contribution is 2.12. The van der Waals surface area contributed by atoms with Crippen LogP contribution in [0.5, 0.6) is 0 Å². The first-order chi connectivity index (χ1) is 6.58. The molecule has 8 heteroatoms. The molecule has 76 valence electrons. The lowest BCUT2D eigenvalue weighted by Gasteiger charge is -2.18. The minimum absolute atomic E-state index is 0.213. The van der Waals surface area contributed by atoms with Gasteiger partial charge in [-0.2, -0.15) is 0 Å². The van der Waals surface area contributed by atoms with E-state index in [1.54, 1.807) is 0 Å². The first-order valence-corrected chi connectivity index (χ1v) is 4.00. The first-order valence-electron chi connectivity index (χ1n) is 4.00. The van der Waals surface area contributed by atoms with Gasteiger partial charge in [0.15, 0.2) is 0 Å². The normalized spacial score (nSPS) is 29.3. The van der Waals surface area contributed by atoms with E-state index in [0.29, 0.717) is 0 Å². The second-order valence-corrected chi connectivity index (χ2v) is 3.08. The largest absolute Gasteiger partial charge is 0.368 e. The molecule has 14 heavy (non-hydrogen) atoms. The van der Waals surface area contributed by atoms with Crippen LogP contribution >= 0.6 is 0 Å². The van der Waals surface area contributed by atoms with Gasteiger partial charge in [0.05, 0.1) is 0 Å². The standard InChI is InChI=1S/C6H9N5O3/c7-2(12)1-11-4-3(9-6(11)14)8-5(13)10-4/h3-4H,1H2,(H2,7,12)(H,9,14)(H2,8,10,13).